The van der Waals surface area contributed by atoms with Crippen molar-refractivity contribution in [3.63, 3.8) is 0 Å². The molecular formula is C47H34N6O4. The molecule has 0 saturated carbocycles. The number of rotatable bonds is 12. The maximum atomic E-state index is 12.9. The molecule has 0 aliphatic heterocycles. The number of imidazole rings is 2. The number of nitrogens with zero attached hydrogens (tertiary/aromatic N) is 6. The molecule has 0 atom stereocenters. The van der Waals surface area contributed by atoms with Gasteiger partial charge < -0.3 is 23.3 Å². The quantitative estimate of drug-likeness (QED) is 0.113. The number of hydrogen-bond acceptors (Lipinski definition) is 8. The highest BCUT2D eigenvalue weighted by Gasteiger charge is 2.16. The van der Waals surface area contributed by atoms with Crippen LogP contribution >= 0.6 is 0 Å². The Balaban J connectivity index is 0.000000174. The third-order valence-electron chi connectivity index (χ3n) is 8.58. The van der Waals surface area contributed by atoms with Gasteiger partial charge in [-0.25, -0.2) is 9.97 Å². The van der Waals surface area contributed by atoms with Crippen LogP contribution in [0.25, 0.3) is 0 Å². The summed E-state index contributed by atoms with van der Waals surface area (Å²) in [4.78, 5) is 21.0. The van der Waals surface area contributed by atoms with E-state index in [1.54, 1.807) is 79.6 Å². The monoisotopic (exact) mass is 746 g/mol. The number of para-hydroxylation sites is 2. The van der Waals surface area contributed by atoms with Crippen LogP contribution in [0.5, 0.6) is 34.5 Å². The molecule has 0 spiro atoms. The van der Waals surface area contributed by atoms with Gasteiger partial charge >= 0.3 is 0 Å². The molecule has 0 radical (unpaired) electrons. The topological polar surface area (TPSA) is 128 Å². The molecule has 0 saturated heterocycles. The van der Waals surface area contributed by atoms with Gasteiger partial charge in [0.05, 0.1) is 29.3 Å². The summed E-state index contributed by atoms with van der Waals surface area (Å²) in [5.41, 5.74) is 3.89. The van der Waals surface area contributed by atoms with E-state index in [0.717, 1.165) is 16.9 Å². The van der Waals surface area contributed by atoms with Crippen molar-refractivity contribution in [1.82, 2.24) is 19.1 Å². The normalized spacial score (nSPS) is 10.3. The van der Waals surface area contributed by atoms with Crippen molar-refractivity contribution in [2.75, 3.05) is 0 Å². The average molecular weight is 747 g/mol. The Morgan fingerprint density at radius 2 is 1.05 bits per heavy atom. The fourth-order valence-electron chi connectivity index (χ4n) is 5.83. The second kappa shape index (κ2) is 18.2. The van der Waals surface area contributed by atoms with Gasteiger partial charge in [-0.3, -0.25) is 4.79 Å². The smallest absolute Gasteiger partial charge is 0.196 e. The molecule has 0 amide bonds. The van der Waals surface area contributed by atoms with E-state index in [-0.39, 0.29) is 5.78 Å². The van der Waals surface area contributed by atoms with E-state index >= 15 is 0 Å². The van der Waals surface area contributed by atoms with Gasteiger partial charge in [0.1, 0.15) is 46.6 Å². The number of hydrogen-bond donors (Lipinski definition) is 0. The molecule has 0 unspecified atom stereocenters. The SMILES string of the molecule is N#Cc1ccc(Cn2ccnc2)cc1Oc1cccc(Oc2ccccc2)c1.N#Cc1ccc(Cn2ccnc2)cc1Oc1ccccc1C(=O)c1ccccc1. The van der Waals surface area contributed by atoms with E-state index < -0.39 is 0 Å². The van der Waals surface area contributed by atoms with Crippen molar-refractivity contribution in [2.24, 2.45) is 0 Å². The van der Waals surface area contributed by atoms with Gasteiger partial charge in [0, 0.05) is 49.5 Å². The van der Waals surface area contributed by atoms with Crippen molar-refractivity contribution in [3.05, 3.63) is 216 Å². The summed E-state index contributed by atoms with van der Waals surface area (Å²) < 4.78 is 21.8. The van der Waals surface area contributed by atoms with Gasteiger partial charge in [-0.05, 0) is 71.8 Å². The Morgan fingerprint density at radius 1 is 0.526 bits per heavy atom. The Bertz CT molecular complexity index is 2650. The zero-order chi connectivity index (χ0) is 39.2. The summed E-state index contributed by atoms with van der Waals surface area (Å²) in [6.07, 6.45) is 10.7. The molecule has 0 N–H and O–H groups in total. The summed E-state index contributed by atoms with van der Waals surface area (Å²) in [6, 6.07) is 48.3. The van der Waals surface area contributed by atoms with E-state index in [1.165, 1.54) is 0 Å². The molecule has 8 rings (SSSR count). The van der Waals surface area contributed by atoms with Crippen LogP contribution in [0.4, 0.5) is 0 Å². The number of benzene rings is 6. The minimum Gasteiger partial charge on any atom is -0.457 e. The fourth-order valence-corrected chi connectivity index (χ4v) is 5.83. The lowest BCUT2D eigenvalue weighted by atomic mass is 10.0. The van der Waals surface area contributed by atoms with E-state index in [4.69, 9.17) is 14.2 Å². The van der Waals surface area contributed by atoms with Crippen molar-refractivity contribution >= 4 is 5.78 Å². The van der Waals surface area contributed by atoms with Crippen molar-refractivity contribution in [3.8, 4) is 46.6 Å². The Morgan fingerprint density at radius 3 is 1.63 bits per heavy atom. The van der Waals surface area contributed by atoms with Crippen LogP contribution in [0.2, 0.25) is 0 Å². The Kier molecular flexibility index (Phi) is 11.9. The predicted octanol–water partition coefficient (Wildman–Crippen LogP) is 10.2. The van der Waals surface area contributed by atoms with Crippen LogP contribution in [0, 0.1) is 22.7 Å². The number of carbonyl (C=O) groups is 1. The Hall–Kier alpha value is -8.21. The zero-order valence-electron chi connectivity index (χ0n) is 30.6. The van der Waals surface area contributed by atoms with Gasteiger partial charge in [-0.2, -0.15) is 10.5 Å². The lowest BCUT2D eigenvalue weighted by molar-refractivity contribution is 0.103. The maximum Gasteiger partial charge on any atom is 0.196 e. The van der Waals surface area contributed by atoms with E-state index in [1.807, 2.05) is 113 Å². The van der Waals surface area contributed by atoms with Gasteiger partial charge in [-0.1, -0.05) is 78.9 Å². The first kappa shape index (κ1) is 37.1. The lowest BCUT2D eigenvalue weighted by Crippen LogP contribution is -2.04. The van der Waals surface area contributed by atoms with E-state index in [2.05, 4.69) is 22.1 Å². The molecule has 6 aromatic carbocycles. The molecule has 57 heavy (non-hydrogen) atoms. The highest BCUT2D eigenvalue weighted by Crippen LogP contribution is 2.32. The van der Waals surface area contributed by atoms with Crippen LogP contribution in [0.1, 0.15) is 38.2 Å². The maximum absolute atomic E-state index is 12.9. The fraction of sp³-hybridized carbons (Fsp3) is 0.0426. The molecule has 0 aliphatic carbocycles. The summed E-state index contributed by atoms with van der Waals surface area (Å²) in [7, 11) is 0. The van der Waals surface area contributed by atoms with Crippen molar-refractivity contribution in [1.29, 1.82) is 10.5 Å². The number of aromatic nitrogens is 4. The highest BCUT2D eigenvalue weighted by atomic mass is 16.5. The minimum atomic E-state index is -0.130. The summed E-state index contributed by atoms with van der Waals surface area (Å²) >= 11 is 0. The van der Waals surface area contributed by atoms with E-state index in [0.29, 0.717) is 64.1 Å². The van der Waals surface area contributed by atoms with Crippen molar-refractivity contribution in [2.45, 2.75) is 13.1 Å². The zero-order valence-corrected chi connectivity index (χ0v) is 30.6. The first-order chi connectivity index (χ1) is 28.0. The van der Waals surface area contributed by atoms with Gasteiger partial charge in [0.25, 0.3) is 0 Å². The van der Waals surface area contributed by atoms with Crippen LogP contribution < -0.4 is 14.2 Å². The van der Waals surface area contributed by atoms with Crippen LogP contribution in [-0.4, -0.2) is 24.9 Å². The van der Waals surface area contributed by atoms with Gasteiger partial charge in [0.2, 0.25) is 0 Å². The third kappa shape index (κ3) is 9.86. The molecule has 0 fully saturated rings. The molecule has 0 bridgehead atoms. The van der Waals surface area contributed by atoms with Crippen molar-refractivity contribution < 1.29 is 19.0 Å². The number of ether oxygens (including phenoxy) is 3. The van der Waals surface area contributed by atoms with Crippen LogP contribution in [-0.2, 0) is 13.1 Å². The third-order valence-corrected chi connectivity index (χ3v) is 8.58. The first-order valence-electron chi connectivity index (χ1n) is 17.9. The molecule has 10 heteroatoms. The number of ketones is 1. The summed E-state index contributed by atoms with van der Waals surface area (Å²) in [6.45, 7) is 1.26. The second-order valence-electron chi connectivity index (χ2n) is 12.6. The minimum absolute atomic E-state index is 0.130. The Labute approximate surface area is 329 Å². The van der Waals surface area contributed by atoms with E-state index in [9.17, 15) is 15.3 Å². The molecule has 8 aromatic rings. The largest absolute Gasteiger partial charge is 0.457 e. The predicted molar refractivity (Wildman–Crippen MR) is 214 cm³/mol. The summed E-state index contributed by atoms with van der Waals surface area (Å²) in [5.74, 6) is 3.23. The average Bonchev–Trinajstić information content (AvgIpc) is 3.97. The highest BCUT2D eigenvalue weighted by molar-refractivity contribution is 6.10. The van der Waals surface area contributed by atoms with Gasteiger partial charge in [0.15, 0.2) is 5.78 Å². The molecular weight excluding hydrogens is 713 g/mol. The standard InChI is InChI=1S/C24H17N3O2.C23H17N3O2/c25-15-20-11-10-18(16-27-13-12-26-17-27)14-23(20)29-22-9-5-4-8-21(22)24(28)19-6-2-1-3-7-19;24-15-19-10-9-18(16-26-12-11-25-17-26)13-23(19)28-22-8-4-7-21(14-22)27-20-5-2-1-3-6-20/h1-14,17H,16H2;1-14,17H,16H2. The van der Waals surface area contributed by atoms with Gasteiger partial charge in [-0.15, -0.1) is 0 Å². The van der Waals surface area contributed by atoms with Crippen LogP contribution in [0.3, 0.4) is 0 Å². The second-order valence-corrected chi connectivity index (χ2v) is 12.6. The number of nitriles is 2. The first-order valence-corrected chi connectivity index (χ1v) is 17.9. The molecule has 276 valence electrons. The molecule has 2 heterocycles. The van der Waals surface area contributed by atoms with Crippen LogP contribution in [0.15, 0.2) is 183 Å². The number of carbonyl (C=O) groups excluding carboxylic acids is 1. The summed E-state index contributed by atoms with van der Waals surface area (Å²) in [5, 5.41) is 18.9. The molecule has 10 nitrogen and oxygen atoms in total. The molecule has 0 aliphatic rings. The molecule has 2 aromatic heterocycles. The lowest BCUT2D eigenvalue weighted by Gasteiger charge is -2.13.